The number of carboxylic acid groups (broad SMARTS) is 1. The minimum atomic E-state index is -0.814. The number of rotatable bonds is 3. The molecule has 0 aromatic rings. The van der Waals surface area contributed by atoms with Gasteiger partial charge in [0.1, 0.15) is 4.83 Å². The first-order valence-corrected chi connectivity index (χ1v) is 3.60. The van der Waals surface area contributed by atoms with Gasteiger partial charge in [-0.3, -0.25) is 4.79 Å². The molecule has 2 atom stereocenters. The molecule has 4 heteroatoms. The van der Waals surface area contributed by atoms with Crippen molar-refractivity contribution in [1.82, 2.24) is 0 Å². The lowest BCUT2D eigenvalue weighted by Gasteiger charge is -1.98. The van der Waals surface area contributed by atoms with Crippen LogP contribution in [0.2, 0.25) is 0 Å². The van der Waals surface area contributed by atoms with Crippen molar-refractivity contribution in [2.75, 3.05) is 6.61 Å². The fourth-order valence-electron chi connectivity index (χ4n) is 0.536. The quantitative estimate of drug-likeness (QED) is 0.530. The average molecular weight is 195 g/mol. The van der Waals surface area contributed by atoms with Gasteiger partial charge < -0.3 is 9.84 Å². The largest absolute Gasteiger partial charge is 0.480 e. The Morgan fingerprint density at radius 1 is 2.00 bits per heavy atom. The summed E-state index contributed by atoms with van der Waals surface area (Å²) < 4.78 is 4.84. The van der Waals surface area contributed by atoms with E-state index in [2.05, 4.69) is 15.9 Å². The summed E-state index contributed by atoms with van der Waals surface area (Å²) in [4.78, 5) is 9.72. The highest BCUT2D eigenvalue weighted by Gasteiger charge is 2.28. The second-order valence-corrected chi connectivity index (χ2v) is 3.10. The van der Waals surface area contributed by atoms with E-state index < -0.39 is 10.8 Å². The lowest BCUT2D eigenvalue weighted by Crippen LogP contribution is -2.14. The number of alkyl halides is 1. The molecule has 1 fully saturated rings. The summed E-state index contributed by atoms with van der Waals surface area (Å²) in [6, 6.07) is 0. The van der Waals surface area contributed by atoms with E-state index in [4.69, 9.17) is 9.84 Å². The SMILES string of the molecule is O=C(O)C(Br)CC1CO1. The van der Waals surface area contributed by atoms with Crippen molar-refractivity contribution in [3.8, 4) is 0 Å². The van der Waals surface area contributed by atoms with Gasteiger partial charge in [-0.2, -0.15) is 0 Å². The molecular formula is C5H7BrO3. The van der Waals surface area contributed by atoms with Crippen LogP contribution in [-0.2, 0) is 9.53 Å². The molecular weight excluding hydrogens is 188 g/mol. The van der Waals surface area contributed by atoms with Crippen molar-refractivity contribution in [2.45, 2.75) is 17.4 Å². The fraction of sp³-hybridized carbons (Fsp3) is 0.800. The summed E-state index contributed by atoms with van der Waals surface area (Å²) in [5.41, 5.74) is 0. The maximum Gasteiger partial charge on any atom is 0.317 e. The molecule has 0 saturated carbocycles. The van der Waals surface area contributed by atoms with Gasteiger partial charge in [-0.15, -0.1) is 0 Å². The van der Waals surface area contributed by atoms with Gasteiger partial charge in [0.05, 0.1) is 12.7 Å². The zero-order chi connectivity index (χ0) is 6.85. The highest BCUT2D eigenvalue weighted by molar-refractivity contribution is 9.10. The van der Waals surface area contributed by atoms with Gasteiger partial charge in [-0.1, -0.05) is 15.9 Å². The third-order valence-electron chi connectivity index (χ3n) is 1.14. The number of halogens is 1. The molecule has 3 nitrogen and oxygen atoms in total. The maximum absolute atomic E-state index is 10.2. The van der Waals surface area contributed by atoms with E-state index in [9.17, 15) is 4.79 Å². The zero-order valence-electron chi connectivity index (χ0n) is 4.71. The first-order valence-electron chi connectivity index (χ1n) is 2.68. The van der Waals surface area contributed by atoms with Gasteiger partial charge in [0.2, 0.25) is 0 Å². The van der Waals surface area contributed by atoms with Crippen LogP contribution >= 0.6 is 15.9 Å². The van der Waals surface area contributed by atoms with Gasteiger partial charge in [0, 0.05) is 0 Å². The first kappa shape index (κ1) is 7.02. The highest BCUT2D eigenvalue weighted by Crippen LogP contribution is 2.19. The molecule has 9 heavy (non-hydrogen) atoms. The molecule has 0 aromatic carbocycles. The van der Waals surface area contributed by atoms with Crippen LogP contribution in [0.15, 0.2) is 0 Å². The van der Waals surface area contributed by atoms with E-state index in [1.54, 1.807) is 0 Å². The Hall–Kier alpha value is -0.0900. The molecule has 1 aliphatic heterocycles. The van der Waals surface area contributed by atoms with E-state index in [1.807, 2.05) is 0 Å². The number of carbonyl (C=O) groups is 1. The van der Waals surface area contributed by atoms with E-state index in [0.717, 1.165) is 6.61 Å². The van der Waals surface area contributed by atoms with Gasteiger partial charge in [0.15, 0.2) is 0 Å². The molecule has 0 amide bonds. The summed E-state index contributed by atoms with van der Waals surface area (Å²) >= 11 is 3.00. The molecule has 0 radical (unpaired) electrons. The summed E-state index contributed by atoms with van der Waals surface area (Å²) in [5.74, 6) is -0.814. The second-order valence-electron chi connectivity index (χ2n) is 2.00. The van der Waals surface area contributed by atoms with Crippen molar-refractivity contribution in [3.63, 3.8) is 0 Å². The number of hydrogen-bond acceptors (Lipinski definition) is 2. The van der Waals surface area contributed by atoms with Crippen LogP contribution in [0.5, 0.6) is 0 Å². The molecule has 0 aliphatic carbocycles. The number of carboxylic acids is 1. The molecule has 0 bridgehead atoms. The third-order valence-corrected chi connectivity index (χ3v) is 1.91. The van der Waals surface area contributed by atoms with Crippen molar-refractivity contribution in [3.05, 3.63) is 0 Å². The van der Waals surface area contributed by atoms with Crippen LogP contribution in [0.1, 0.15) is 6.42 Å². The third kappa shape index (κ3) is 2.32. The molecule has 1 heterocycles. The summed E-state index contributed by atoms with van der Waals surface area (Å²) in [6.07, 6.45) is 0.764. The van der Waals surface area contributed by atoms with Crippen molar-refractivity contribution in [2.24, 2.45) is 0 Å². The van der Waals surface area contributed by atoms with Crippen LogP contribution in [0, 0.1) is 0 Å². The van der Waals surface area contributed by atoms with E-state index in [1.165, 1.54) is 0 Å². The number of hydrogen-bond donors (Lipinski definition) is 1. The van der Waals surface area contributed by atoms with Gasteiger partial charge >= 0.3 is 5.97 Å². The Labute approximate surface area is 61.1 Å². The minimum Gasteiger partial charge on any atom is -0.480 e. The fourth-order valence-corrected chi connectivity index (χ4v) is 0.953. The Bertz CT molecular complexity index is 121. The molecule has 1 aliphatic rings. The van der Waals surface area contributed by atoms with Gasteiger partial charge in [-0.05, 0) is 6.42 Å². The van der Waals surface area contributed by atoms with Crippen molar-refractivity contribution < 1.29 is 14.6 Å². The minimum absolute atomic E-state index is 0.186. The summed E-state index contributed by atoms with van der Waals surface area (Å²) in [5, 5.41) is 8.36. The molecule has 2 unspecified atom stereocenters. The Kier molecular flexibility index (Phi) is 2.08. The lowest BCUT2D eigenvalue weighted by molar-refractivity contribution is -0.136. The monoisotopic (exact) mass is 194 g/mol. The molecule has 1 N–H and O–H groups in total. The molecule has 0 spiro atoms. The number of aliphatic carboxylic acids is 1. The molecule has 1 saturated heterocycles. The predicted molar refractivity (Wildman–Crippen MR) is 34.7 cm³/mol. The van der Waals surface area contributed by atoms with Crippen LogP contribution < -0.4 is 0 Å². The first-order chi connectivity index (χ1) is 4.20. The van der Waals surface area contributed by atoms with Crippen LogP contribution in [0.25, 0.3) is 0 Å². The van der Waals surface area contributed by atoms with E-state index in [0.29, 0.717) is 6.42 Å². The smallest absolute Gasteiger partial charge is 0.317 e. The standard InChI is InChI=1S/C5H7BrO3/c6-4(5(7)8)1-3-2-9-3/h3-4H,1-2H2,(H,7,8). The topological polar surface area (TPSA) is 49.8 Å². The molecule has 0 aromatic heterocycles. The average Bonchev–Trinajstić information content (AvgIpc) is 2.50. The predicted octanol–water partition coefficient (Wildman–Crippen LogP) is 0.623. The molecule has 1 rings (SSSR count). The maximum atomic E-state index is 10.2. The molecule has 52 valence electrons. The Morgan fingerprint density at radius 3 is 2.89 bits per heavy atom. The van der Waals surface area contributed by atoms with Crippen LogP contribution in [0.3, 0.4) is 0 Å². The number of ether oxygens (including phenoxy) is 1. The normalized spacial score (nSPS) is 27.4. The van der Waals surface area contributed by atoms with Crippen LogP contribution in [0.4, 0.5) is 0 Å². The van der Waals surface area contributed by atoms with E-state index in [-0.39, 0.29) is 6.10 Å². The van der Waals surface area contributed by atoms with Crippen LogP contribution in [-0.4, -0.2) is 28.6 Å². The van der Waals surface area contributed by atoms with Crippen molar-refractivity contribution in [1.29, 1.82) is 0 Å². The summed E-state index contributed by atoms with van der Waals surface area (Å²) in [6.45, 7) is 0.718. The van der Waals surface area contributed by atoms with Crippen molar-refractivity contribution >= 4 is 21.9 Å². The Balaban J connectivity index is 2.16. The second kappa shape index (κ2) is 2.66. The van der Waals surface area contributed by atoms with Gasteiger partial charge in [-0.25, -0.2) is 0 Å². The van der Waals surface area contributed by atoms with Gasteiger partial charge in [0.25, 0.3) is 0 Å². The van der Waals surface area contributed by atoms with E-state index >= 15 is 0 Å². The lowest BCUT2D eigenvalue weighted by atomic mass is 10.2. The Morgan fingerprint density at radius 2 is 2.56 bits per heavy atom. The highest BCUT2D eigenvalue weighted by atomic mass is 79.9. The zero-order valence-corrected chi connectivity index (χ0v) is 6.30. The summed E-state index contributed by atoms with van der Waals surface area (Å²) in [7, 11) is 0. The number of epoxide rings is 1.